The highest BCUT2D eigenvalue weighted by molar-refractivity contribution is 6.81. The highest BCUT2D eigenvalue weighted by Crippen LogP contribution is 2.62. The molecule has 0 heterocycles. The van der Waals surface area contributed by atoms with Gasteiger partial charge in [-0.1, -0.05) is 117 Å². The van der Waals surface area contributed by atoms with Gasteiger partial charge in [-0.25, -0.2) is 0 Å². The van der Waals surface area contributed by atoms with Gasteiger partial charge in [0, 0.05) is 6.61 Å². The molecule has 0 N–H and O–H groups in total. The Balaban J connectivity index is 1.36. The minimum atomic E-state index is -1.62. The summed E-state index contributed by atoms with van der Waals surface area (Å²) in [5.41, 5.74) is 3.36. The van der Waals surface area contributed by atoms with Crippen molar-refractivity contribution in [2.24, 2.45) is 29.6 Å². The molecule has 2 fully saturated rings. The molecule has 1 aromatic carbocycles. The van der Waals surface area contributed by atoms with Gasteiger partial charge in [-0.2, -0.15) is 0 Å². The van der Waals surface area contributed by atoms with Crippen LogP contribution < -0.4 is 0 Å². The van der Waals surface area contributed by atoms with E-state index in [1.54, 1.807) is 5.56 Å². The van der Waals surface area contributed by atoms with Crippen molar-refractivity contribution in [3.63, 3.8) is 0 Å². The molecule has 0 bridgehead atoms. The van der Waals surface area contributed by atoms with Crippen molar-refractivity contribution in [3.8, 4) is 0 Å². The first-order chi connectivity index (χ1) is 18.4. The van der Waals surface area contributed by atoms with E-state index in [0.717, 1.165) is 47.3 Å². The molecular formula is C36H52OSi. The maximum Gasteiger partial charge on any atom is 0.0598 e. The average Bonchev–Trinajstić information content (AvgIpc) is 3.50. The van der Waals surface area contributed by atoms with Crippen LogP contribution in [0.25, 0.3) is 0 Å². The van der Waals surface area contributed by atoms with Crippen LogP contribution in [0.2, 0.25) is 23.7 Å². The third kappa shape index (κ3) is 6.39. The van der Waals surface area contributed by atoms with Crippen LogP contribution in [0.5, 0.6) is 0 Å². The largest absolute Gasteiger partial charge is 0.376 e. The molecule has 8 atom stereocenters. The molecule has 5 rings (SSSR count). The third-order valence-corrected chi connectivity index (χ3v) is 16.6. The van der Waals surface area contributed by atoms with Crippen LogP contribution >= 0.6 is 0 Å². The van der Waals surface area contributed by atoms with Crippen LogP contribution in [0.3, 0.4) is 0 Å². The van der Waals surface area contributed by atoms with E-state index in [1.165, 1.54) is 57.4 Å². The van der Waals surface area contributed by atoms with Crippen LogP contribution in [0.4, 0.5) is 0 Å². The van der Waals surface area contributed by atoms with Crippen molar-refractivity contribution in [1.29, 1.82) is 0 Å². The van der Waals surface area contributed by atoms with Crippen molar-refractivity contribution >= 4 is 8.07 Å². The Bertz CT molecular complexity index is 1010. The lowest BCUT2D eigenvalue weighted by molar-refractivity contribution is -0.00471. The Morgan fingerprint density at radius 3 is 2.24 bits per heavy atom. The molecule has 0 amide bonds. The second-order valence-corrected chi connectivity index (χ2v) is 19.0. The third-order valence-electron chi connectivity index (χ3n) is 10.5. The molecule has 38 heavy (non-hydrogen) atoms. The van der Waals surface area contributed by atoms with Gasteiger partial charge in [0.2, 0.25) is 0 Å². The highest BCUT2D eigenvalue weighted by Gasteiger charge is 2.56. The molecule has 0 aliphatic heterocycles. The van der Waals surface area contributed by atoms with Gasteiger partial charge in [0.15, 0.2) is 0 Å². The molecule has 0 saturated heterocycles. The topological polar surface area (TPSA) is 9.23 Å². The van der Waals surface area contributed by atoms with Gasteiger partial charge in [0.1, 0.15) is 0 Å². The molecule has 4 aliphatic carbocycles. The molecule has 206 valence electrons. The number of rotatable bonds is 11. The predicted molar refractivity (Wildman–Crippen MR) is 166 cm³/mol. The number of fused-ring (bicyclic) bond motifs is 2. The van der Waals surface area contributed by atoms with E-state index >= 15 is 0 Å². The van der Waals surface area contributed by atoms with Crippen LogP contribution in [0.15, 0.2) is 78.9 Å². The van der Waals surface area contributed by atoms with E-state index in [0.29, 0.717) is 0 Å². The second kappa shape index (κ2) is 12.3. The summed E-state index contributed by atoms with van der Waals surface area (Å²) in [6.45, 7) is 10.3. The van der Waals surface area contributed by atoms with Gasteiger partial charge in [-0.15, -0.1) is 0 Å². The summed E-state index contributed by atoms with van der Waals surface area (Å²) in [5.74, 6) is 3.90. The number of hydrogen-bond donors (Lipinski definition) is 0. The molecule has 2 heteroatoms. The smallest absolute Gasteiger partial charge is 0.0598 e. The lowest BCUT2D eigenvalue weighted by atomic mass is 9.91. The number of allylic oxidation sites excluding steroid dienone is 8. The summed E-state index contributed by atoms with van der Waals surface area (Å²) >= 11 is 0. The normalized spacial score (nSPS) is 33.3. The van der Waals surface area contributed by atoms with Crippen LogP contribution in [-0.2, 0) is 11.2 Å². The zero-order valence-corrected chi connectivity index (χ0v) is 25.5. The molecule has 8 unspecified atom stereocenters. The Morgan fingerprint density at radius 2 is 1.47 bits per heavy atom. The average molecular weight is 529 g/mol. The minimum Gasteiger partial charge on any atom is -0.376 e. The van der Waals surface area contributed by atoms with Gasteiger partial charge < -0.3 is 4.74 Å². The van der Waals surface area contributed by atoms with Gasteiger partial charge in [0.05, 0.1) is 13.7 Å². The quantitative estimate of drug-likeness (QED) is 0.205. The first-order valence-corrected chi connectivity index (χ1v) is 18.6. The number of unbranched alkanes of at least 4 members (excludes halogenated alkanes) is 3. The summed E-state index contributed by atoms with van der Waals surface area (Å²) < 4.78 is 6.01. The number of benzene rings is 1. The molecule has 1 nitrogen and oxygen atoms in total. The van der Waals surface area contributed by atoms with E-state index in [1.807, 2.05) is 0 Å². The maximum atomic E-state index is 6.01. The summed E-state index contributed by atoms with van der Waals surface area (Å²) in [7, 11) is -1.62. The van der Waals surface area contributed by atoms with Gasteiger partial charge >= 0.3 is 0 Å². The van der Waals surface area contributed by atoms with Gasteiger partial charge in [-0.3, -0.25) is 0 Å². The molecule has 1 aromatic rings. The Labute approximate surface area is 234 Å². The standard InChI is InChI=1S/C36H52OSi/c1-36(2,3)37-24-14-5-6-15-25-38(4,34-23-22-29-18-10-12-20-32(29)34)35-31(26-28-16-8-7-9-17-28)27-30-19-11-13-21-33(30)35/h7-13,16-21,29-35H,5-6,14-15,22-27H2,1-4H3. The van der Waals surface area contributed by atoms with E-state index in [-0.39, 0.29) is 5.60 Å². The summed E-state index contributed by atoms with van der Waals surface area (Å²) in [6.07, 6.45) is 30.6. The molecule has 0 spiro atoms. The van der Waals surface area contributed by atoms with Crippen LogP contribution in [-0.4, -0.2) is 20.3 Å². The van der Waals surface area contributed by atoms with E-state index in [2.05, 4.69) is 106 Å². The van der Waals surface area contributed by atoms with Crippen molar-refractivity contribution in [3.05, 3.63) is 84.5 Å². The molecule has 0 radical (unpaired) electrons. The zero-order chi connectivity index (χ0) is 26.6. The molecule has 2 saturated carbocycles. The fourth-order valence-electron chi connectivity index (χ4n) is 8.87. The first-order valence-electron chi connectivity index (χ1n) is 15.7. The summed E-state index contributed by atoms with van der Waals surface area (Å²) in [5, 5.41) is 0. The number of ether oxygens (including phenoxy) is 1. The Kier molecular flexibility index (Phi) is 9.00. The van der Waals surface area contributed by atoms with Gasteiger partial charge in [-0.05, 0) is 92.7 Å². The van der Waals surface area contributed by atoms with Crippen molar-refractivity contribution in [2.45, 2.75) is 101 Å². The molecular weight excluding hydrogens is 476 g/mol. The van der Waals surface area contributed by atoms with Crippen molar-refractivity contribution in [2.75, 3.05) is 6.61 Å². The van der Waals surface area contributed by atoms with Crippen LogP contribution in [0, 0.1) is 29.6 Å². The zero-order valence-electron chi connectivity index (χ0n) is 24.5. The minimum absolute atomic E-state index is 0.0127. The van der Waals surface area contributed by atoms with Crippen LogP contribution in [0.1, 0.15) is 71.3 Å². The van der Waals surface area contributed by atoms with E-state index in [4.69, 9.17) is 4.74 Å². The first kappa shape index (κ1) is 27.9. The molecule has 4 aliphatic rings. The van der Waals surface area contributed by atoms with E-state index < -0.39 is 8.07 Å². The molecule has 0 aromatic heterocycles. The maximum absolute atomic E-state index is 6.01. The SMILES string of the molecule is CC(C)(C)OCCCCCC[Si](C)(C1CCC2C=CC=CC21)C1C(Cc2ccccc2)CC2C=CC=CC21. The van der Waals surface area contributed by atoms with E-state index in [9.17, 15) is 0 Å². The Hall–Kier alpha value is -1.64. The number of hydrogen-bond acceptors (Lipinski definition) is 1. The Morgan fingerprint density at radius 1 is 0.789 bits per heavy atom. The van der Waals surface area contributed by atoms with Crippen molar-refractivity contribution < 1.29 is 4.74 Å². The fraction of sp³-hybridized carbons (Fsp3) is 0.611. The van der Waals surface area contributed by atoms with Crippen molar-refractivity contribution in [1.82, 2.24) is 0 Å². The lowest BCUT2D eigenvalue weighted by Gasteiger charge is -2.47. The highest BCUT2D eigenvalue weighted by atomic mass is 28.3. The summed E-state index contributed by atoms with van der Waals surface area (Å²) in [6, 6.07) is 12.9. The predicted octanol–water partition coefficient (Wildman–Crippen LogP) is 9.95. The summed E-state index contributed by atoms with van der Waals surface area (Å²) in [4.78, 5) is 0. The monoisotopic (exact) mass is 528 g/mol. The fourth-order valence-corrected chi connectivity index (χ4v) is 15.7. The lowest BCUT2D eigenvalue weighted by Crippen LogP contribution is -2.47. The second-order valence-electron chi connectivity index (χ2n) is 14.0. The van der Waals surface area contributed by atoms with Gasteiger partial charge in [0.25, 0.3) is 0 Å².